The van der Waals surface area contributed by atoms with E-state index in [0.29, 0.717) is 27.4 Å². The minimum atomic E-state index is -4.45. The highest BCUT2D eigenvalue weighted by atomic mass is 32.2. The summed E-state index contributed by atoms with van der Waals surface area (Å²) in [5.41, 5.74) is 1.78. The van der Waals surface area contributed by atoms with Crippen LogP contribution in [0.5, 0.6) is 0 Å². The van der Waals surface area contributed by atoms with Crippen LogP contribution in [0.25, 0.3) is 22.3 Å². The van der Waals surface area contributed by atoms with Crippen LogP contribution >= 0.6 is 11.8 Å². The van der Waals surface area contributed by atoms with E-state index in [9.17, 15) is 13.2 Å². The molecule has 0 bridgehead atoms. The minimum Gasteiger partial charge on any atom is -0.345 e. The predicted octanol–water partition coefficient (Wildman–Crippen LogP) is 4.57. The first-order valence-electron chi connectivity index (χ1n) is 8.39. The van der Waals surface area contributed by atoms with E-state index in [4.69, 9.17) is 0 Å². The van der Waals surface area contributed by atoms with Crippen LogP contribution in [0.4, 0.5) is 13.2 Å². The molecule has 1 N–H and O–H groups in total. The summed E-state index contributed by atoms with van der Waals surface area (Å²) in [7, 11) is 2.01. The van der Waals surface area contributed by atoms with Crippen molar-refractivity contribution >= 4 is 35.5 Å². The minimum absolute atomic E-state index is 0.368. The van der Waals surface area contributed by atoms with Crippen LogP contribution in [-0.4, -0.2) is 27.2 Å². The molecule has 0 saturated heterocycles. The number of aromatic nitrogens is 4. The van der Waals surface area contributed by atoms with Gasteiger partial charge in [0.15, 0.2) is 5.16 Å². The van der Waals surface area contributed by atoms with Gasteiger partial charge in [-0.15, -0.1) is 0 Å². The SMILES string of the molecule is C[B]c1ccc(Sc2nccc(-c3c[nH]c4ncc(C(F)(F)F)cc34)n2)cc1. The molecule has 3 heterocycles. The second-order valence-corrected chi connectivity index (χ2v) is 7.05. The molecule has 4 nitrogen and oxygen atoms in total. The normalized spacial score (nSPS) is 11.7. The Morgan fingerprint density at radius 1 is 1.07 bits per heavy atom. The fraction of sp³-hybridized carbons (Fsp3) is 0.105. The average molecular weight is 397 g/mol. The molecule has 0 spiro atoms. The molecule has 0 aliphatic carbocycles. The lowest BCUT2D eigenvalue weighted by Crippen LogP contribution is -2.08. The molecule has 0 aliphatic rings. The zero-order chi connectivity index (χ0) is 19.7. The van der Waals surface area contributed by atoms with Gasteiger partial charge in [0.05, 0.1) is 11.3 Å². The van der Waals surface area contributed by atoms with E-state index in [1.165, 1.54) is 11.8 Å². The van der Waals surface area contributed by atoms with Gasteiger partial charge in [0, 0.05) is 34.4 Å². The van der Waals surface area contributed by atoms with Gasteiger partial charge >= 0.3 is 6.18 Å². The number of alkyl halides is 3. The summed E-state index contributed by atoms with van der Waals surface area (Å²) >= 11 is 1.39. The Bertz CT molecular complexity index is 1130. The number of benzene rings is 1. The quantitative estimate of drug-likeness (QED) is 0.405. The summed E-state index contributed by atoms with van der Waals surface area (Å²) in [5, 5.41) is 0.882. The number of halogens is 3. The van der Waals surface area contributed by atoms with E-state index < -0.39 is 11.7 Å². The Hall–Kier alpha value is -2.81. The number of H-pyrrole nitrogens is 1. The molecule has 0 atom stereocenters. The molecule has 3 aromatic heterocycles. The third-order valence-electron chi connectivity index (χ3n) is 4.19. The molecule has 4 aromatic rings. The average Bonchev–Trinajstić information content (AvgIpc) is 3.11. The van der Waals surface area contributed by atoms with Crippen molar-refractivity contribution < 1.29 is 13.2 Å². The first-order chi connectivity index (χ1) is 13.4. The molecule has 9 heteroatoms. The second kappa shape index (κ2) is 7.31. The van der Waals surface area contributed by atoms with Gasteiger partial charge in [-0.3, -0.25) is 0 Å². The van der Waals surface area contributed by atoms with Crippen LogP contribution in [0.15, 0.2) is 65.0 Å². The summed E-state index contributed by atoms with van der Waals surface area (Å²) < 4.78 is 39.1. The molecule has 0 aliphatic heterocycles. The van der Waals surface area contributed by atoms with E-state index in [1.807, 2.05) is 38.4 Å². The van der Waals surface area contributed by atoms with Crippen molar-refractivity contribution in [3.63, 3.8) is 0 Å². The van der Waals surface area contributed by atoms with Gasteiger partial charge < -0.3 is 4.98 Å². The fourth-order valence-electron chi connectivity index (χ4n) is 2.74. The maximum absolute atomic E-state index is 13.0. The predicted molar refractivity (Wildman–Crippen MR) is 104 cm³/mol. The van der Waals surface area contributed by atoms with Crippen molar-refractivity contribution in [3.8, 4) is 11.3 Å². The summed E-state index contributed by atoms with van der Waals surface area (Å²) in [5.74, 6) is 0. The highest BCUT2D eigenvalue weighted by Crippen LogP contribution is 2.34. The van der Waals surface area contributed by atoms with Crippen LogP contribution in [0, 0.1) is 0 Å². The lowest BCUT2D eigenvalue weighted by atomic mass is 9.74. The van der Waals surface area contributed by atoms with E-state index in [-0.39, 0.29) is 0 Å². The summed E-state index contributed by atoms with van der Waals surface area (Å²) in [6.07, 6.45) is -0.426. The third kappa shape index (κ3) is 3.75. The number of fused-ring (bicyclic) bond motifs is 1. The molecule has 4 rings (SSSR count). The first-order valence-corrected chi connectivity index (χ1v) is 9.21. The third-order valence-corrected chi connectivity index (χ3v) is 5.08. The summed E-state index contributed by atoms with van der Waals surface area (Å²) in [6, 6.07) is 10.7. The van der Waals surface area contributed by atoms with E-state index in [0.717, 1.165) is 22.6 Å². The van der Waals surface area contributed by atoms with Gasteiger partial charge in [-0.2, -0.15) is 13.2 Å². The number of hydrogen-bond acceptors (Lipinski definition) is 4. The lowest BCUT2D eigenvalue weighted by molar-refractivity contribution is -0.137. The Morgan fingerprint density at radius 2 is 1.86 bits per heavy atom. The molecule has 0 saturated carbocycles. The Morgan fingerprint density at radius 3 is 2.57 bits per heavy atom. The number of hydrogen-bond donors (Lipinski definition) is 1. The molecule has 28 heavy (non-hydrogen) atoms. The molecule has 0 amide bonds. The van der Waals surface area contributed by atoms with Crippen molar-refractivity contribution in [1.82, 2.24) is 19.9 Å². The Kier molecular flexibility index (Phi) is 4.84. The van der Waals surface area contributed by atoms with Crippen molar-refractivity contribution in [2.45, 2.75) is 23.1 Å². The number of rotatable bonds is 4. The van der Waals surface area contributed by atoms with E-state index in [2.05, 4.69) is 19.9 Å². The Labute approximate surface area is 163 Å². The van der Waals surface area contributed by atoms with Gasteiger partial charge in [0.2, 0.25) is 0 Å². The van der Waals surface area contributed by atoms with Gasteiger partial charge in [0.25, 0.3) is 0 Å². The van der Waals surface area contributed by atoms with Crippen molar-refractivity contribution in [2.24, 2.45) is 0 Å². The first kappa shape index (κ1) is 18.6. The zero-order valence-electron chi connectivity index (χ0n) is 14.7. The highest BCUT2D eigenvalue weighted by molar-refractivity contribution is 7.99. The molecule has 139 valence electrons. The molecule has 0 fully saturated rings. The molecule has 1 aromatic carbocycles. The second-order valence-electron chi connectivity index (χ2n) is 6.00. The fourth-order valence-corrected chi connectivity index (χ4v) is 3.48. The Balaban J connectivity index is 1.69. The highest BCUT2D eigenvalue weighted by Gasteiger charge is 2.31. The smallest absolute Gasteiger partial charge is 0.345 e. The van der Waals surface area contributed by atoms with Crippen LogP contribution in [0.3, 0.4) is 0 Å². The van der Waals surface area contributed by atoms with Gasteiger partial charge in [-0.05, 0) is 36.0 Å². The molecular formula is C19H13BF3N4S. The van der Waals surface area contributed by atoms with E-state index >= 15 is 0 Å². The largest absolute Gasteiger partial charge is 0.417 e. The van der Waals surface area contributed by atoms with Crippen LogP contribution in [0.1, 0.15) is 5.56 Å². The molecule has 0 unspecified atom stereocenters. The maximum Gasteiger partial charge on any atom is 0.417 e. The van der Waals surface area contributed by atoms with Crippen LogP contribution < -0.4 is 5.46 Å². The van der Waals surface area contributed by atoms with Crippen LogP contribution in [0.2, 0.25) is 6.82 Å². The monoisotopic (exact) mass is 397 g/mol. The van der Waals surface area contributed by atoms with Crippen LogP contribution in [-0.2, 0) is 6.18 Å². The summed E-state index contributed by atoms with van der Waals surface area (Å²) in [6.45, 7) is 1.97. The maximum atomic E-state index is 13.0. The number of nitrogens with one attached hydrogen (secondary N) is 1. The number of pyridine rings is 1. The van der Waals surface area contributed by atoms with Crippen molar-refractivity contribution in [3.05, 3.63) is 60.6 Å². The number of nitrogens with zero attached hydrogens (tertiary/aromatic N) is 3. The zero-order valence-corrected chi connectivity index (χ0v) is 15.5. The van der Waals surface area contributed by atoms with Crippen molar-refractivity contribution in [1.29, 1.82) is 0 Å². The van der Waals surface area contributed by atoms with Gasteiger partial charge in [0.1, 0.15) is 12.9 Å². The van der Waals surface area contributed by atoms with Gasteiger partial charge in [-0.25, -0.2) is 15.0 Å². The number of aromatic amines is 1. The van der Waals surface area contributed by atoms with Crippen molar-refractivity contribution in [2.75, 3.05) is 0 Å². The molecular weight excluding hydrogens is 384 g/mol. The molecule has 1 radical (unpaired) electrons. The topological polar surface area (TPSA) is 54.5 Å². The standard InChI is InChI=1S/C19H13BF3N4S/c1-20-12-2-4-13(5-3-12)28-18-24-7-6-16(27-18)15-10-26-17-14(15)8-11(9-25-17)19(21,22)23/h2-10H,1H3,(H,25,26). The van der Waals surface area contributed by atoms with E-state index in [1.54, 1.807) is 18.5 Å². The lowest BCUT2D eigenvalue weighted by Gasteiger charge is -2.07. The van der Waals surface area contributed by atoms with Gasteiger partial charge in [-0.1, -0.05) is 24.4 Å². The summed E-state index contributed by atoms with van der Waals surface area (Å²) in [4.78, 5) is 16.5.